The van der Waals surface area contributed by atoms with E-state index >= 15 is 0 Å². The van der Waals surface area contributed by atoms with Crippen molar-refractivity contribution in [1.82, 2.24) is 0 Å². The first-order valence-electron chi connectivity index (χ1n) is 5.07. The van der Waals surface area contributed by atoms with Crippen LogP contribution in [-0.2, 0) is 6.18 Å². The molecule has 2 rings (SSSR count). The smallest absolute Gasteiger partial charge is 0.393 e. The van der Waals surface area contributed by atoms with Gasteiger partial charge in [0, 0.05) is 14.6 Å². The molecule has 1 nitrogen and oxygen atoms in total. The highest BCUT2D eigenvalue weighted by Crippen LogP contribution is 2.43. The highest BCUT2D eigenvalue weighted by molar-refractivity contribution is 9.10. The molecule has 1 aliphatic rings. The Labute approximate surface area is 110 Å². The van der Waals surface area contributed by atoms with Gasteiger partial charge in [0.15, 0.2) is 0 Å². The highest BCUT2D eigenvalue weighted by atomic mass is 79.9. The molecule has 17 heavy (non-hydrogen) atoms. The molecule has 0 amide bonds. The van der Waals surface area contributed by atoms with Crippen molar-refractivity contribution in [2.45, 2.75) is 35.3 Å². The largest absolute Gasteiger partial charge is 0.417 e. The highest BCUT2D eigenvalue weighted by Gasteiger charge is 2.36. The van der Waals surface area contributed by atoms with E-state index < -0.39 is 11.7 Å². The Morgan fingerprint density at radius 3 is 2.47 bits per heavy atom. The molecular formula is C11H10BrF3OS. The molecule has 0 saturated heterocycles. The van der Waals surface area contributed by atoms with Crippen LogP contribution >= 0.6 is 27.7 Å². The van der Waals surface area contributed by atoms with Crippen LogP contribution in [0.3, 0.4) is 0 Å². The molecule has 1 N–H and O–H groups in total. The minimum Gasteiger partial charge on any atom is -0.393 e. The number of hydrogen-bond donors (Lipinski definition) is 1. The SMILES string of the molecule is OC1CC(Sc2cc(Br)ccc2C(F)(F)F)C1. The molecule has 0 atom stereocenters. The fourth-order valence-corrected chi connectivity index (χ4v) is 3.66. The summed E-state index contributed by atoms with van der Waals surface area (Å²) in [6, 6.07) is 3.96. The summed E-state index contributed by atoms with van der Waals surface area (Å²) in [7, 11) is 0. The van der Waals surface area contributed by atoms with Crippen molar-refractivity contribution in [1.29, 1.82) is 0 Å². The molecule has 1 saturated carbocycles. The van der Waals surface area contributed by atoms with Crippen LogP contribution in [0.25, 0.3) is 0 Å². The van der Waals surface area contributed by atoms with E-state index in [0.717, 1.165) is 6.07 Å². The number of halogens is 4. The molecule has 0 unspecified atom stereocenters. The monoisotopic (exact) mass is 326 g/mol. The van der Waals surface area contributed by atoms with Crippen LogP contribution in [-0.4, -0.2) is 16.5 Å². The second kappa shape index (κ2) is 4.82. The number of hydrogen-bond acceptors (Lipinski definition) is 2. The number of alkyl halides is 3. The molecule has 0 aliphatic heterocycles. The lowest BCUT2D eigenvalue weighted by atomic mass is 9.96. The summed E-state index contributed by atoms with van der Waals surface area (Å²) in [6.45, 7) is 0. The van der Waals surface area contributed by atoms with Gasteiger partial charge < -0.3 is 5.11 Å². The van der Waals surface area contributed by atoms with E-state index in [0.29, 0.717) is 17.3 Å². The summed E-state index contributed by atoms with van der Waals surface area (Å²) in [4.78, 5) is 0.226. The van der Waals surface area contributed by atoms with Gasteiger partial charge in [0.2, 0.25) is 0 Å². The molecule has 94 valence electrons. The zero-order valence-electron chi connectivity index (χ0n) is 8.67. The lowest BCUT2D eigenvalue weighted by Gasteiger charge is -2.31. The molecule has 0 radical (unpaired) electrons. The molecular weight excluding hydrogens is 317 g/mol. The van der Waals surface area contributed by atoms with Gasteiger partial charge in [0.1, 0.15) is 0 Å². The van der Waals surface area contributed by atoms with E-state index in [-0.39, 0.29) is 16.2 Å². The van der Waals surface area contributed by atoms with Gasteiger partial charge in [-0.05, 0) is 31.0 Å². The van der Waals surface area contributed by atoms with E-state index in [1.807, 2.05) is 0 Å². The molecule has 0 heterocycles. The van der Waals surface area contributed by atoms with E-state index in [1.54, 1.807) is 0 Å². The topological polar surface area (TPSA) is 20.2 Å². The number of benzene rings is 1. The van der Waals surface area contributed by atoms with Gasteiger partial charge in [0.05, 0.1) is 11.7 Å². The van der Waals surface area contributed by atoms with Gasteiger partial charge >= 0.3 is 6.18 Å². The Bertz CT molecular complexity index is 416. The van der Waals surface area contributed by atoms with Crippen LogP contribution in [0.15, 0.2) is 27.6 Å². The fourth-order valence-electron chi connectivity index (χ4n) is 1.64. The number of aliphatic hydroxyl groups is 1. The third-order valence-electron chi connectivity index (χ3n) is 2.61. The van der Waals surface area contributed by atoms with Crippen molar-refractivity contribution in [3.8, 4) is 0 Å². The first kappa shape index (κ1) is 13.2. The van der Waals surface area contributed by atoms with Crippen molar-refractivity contribution in [2.24, 2.45) is 0 Å². The van der Waals surface area contributed by atoms with Crippen molar-refractivity contribution >= 4 is 27.7 Å². The van der Waals surface area contributed by atoms with Crippen LogP contribution in [0.2, 0.25) is 0 Å². The molecule has 6 heteroatoms. The summed E-state index contributed by atoms with van der Waals surface area (Å²) < 4.78 is 38.9. The Balaban J connectivity index is 2.21. The van der Waals surface area contributed by atoms with Crippen molar-refractivity contribution in [2.75, 3.05) is 0 Å². The van der Waals surface area contributed by atoms with Crippen molar-refractivity contribution in [3.05, 3.63) is 28.2 Å². The first-order valence-corrected chi connectivity index (χ1v) is 6.75. The number of aliphatic hydroxyl groups excluding tert-OH is 1. The minimum atomic E-state index is -4.33. The predicted molar refractivity (Wildman–Crippen MR) is 64.0 cm³/mol. The number of rotatable bonds is 2. The lowest BCUT2D eigenvalue weighted by molar-refractivity contribution is -0.139. The summed E-state index contributed by atoms with van der Waals surface area (Å²) in [5.41, 5.74) is -0.605. The quantitative estimate of drug-likeness (QED) is 0.883. The zero-order chi connectivity index (χ0) is 12.6. The Morgan fingerprint density at radius 1 is 1.29 bits per heavy atom. The Morgan fingerprint density at radius 2 is 1.94 bits per heavy atom. The third-order valence-corrected chi connectivity index (χ3v) is 4.42. The van der Waals surface area contributed by atoms with Gasteiger partial charge in [-0.3, -0.25) is 0 Å². The van der Waals surface area contributed by atoms with Crippen molar-refractivity contribution in [3.63, 3.8) is 0 Å². The van der Waals surface area contributed by atoms with E-state index in [4.69, 9.17) is 5.11 Å². The Hall–Kier alpha value is -0.200. The summed E-state index contributed by atoms with van der Waals surface area (Å²) >= 11 is 4.37. The van der Waals surface area contributed by atoms with E-state index in [1.165, 1.54) is 23.9 Å². The van der Waals surface area contributed by atoms with Gasteiger partial charge in [-0.25, -0.2) is 0 Å². The maximum absolute atomic E-state index is 12.8. The Kier molecular flexibility index (Phi) is 3.75. The van der Waals surface area contributed by atoms with Crippen LogP contribution in [0.4, 0.5) is 13.2 Å². The van der Waals surface area contributed by atoms with Gasteiger partial charge in [0.25, 0.3) is 0 Å². The van der Waals surface area contributed by atoms with Gasteiger partial charge in [-0.15, -0.1) is 11.8 Å². The summed E-state index contributed by atoms with van der Waals surface area (Å²) in [5.74, 6) is 0. The maximum Gasteiger partial charge on any atom is 0.417 e. The van der Waals surface area contributed by atoms with Crippen LogP contribution in [0.5, 0.6) is 0 Å². The van der Waals surface area contributed by atoms with E-state index in [9.17, 15) is 13.2 Å². The second-order valence-electron chi connectivity index (χ2n) is 4.00. The second-order valence-corrected chi connectivity index (χ2v) is 6.26. The number of thioether (sulfide) groups is 1. The predicted octanol–water partition coefficient (Wildman–Crippen LogP) is 4.08. The minimum absolute atomic E-state index is 0.0837. The van der Waals surface area contributed by atoms with Gasteiger partial charge in [-0.2, -0.15) is 13.2 Å². The van der Waals surface area contributed by atoms with Gasteiger partial charge in [-0.1, -0.05) is 15.9 Å². The van der Waals surface area contributed by atoms with Crippen LogP contribution in [0, 0.1) is 0 Å². The first-order chi connectivity index (χ1) is 7.86. The zero-order valence-corrected chi connectivity index (χ0v) is 11.1. The van der Waals surface area contributed by atoms with Crippen LogP contribution < -0.4 is 0 Å². The maximum atomic E-state index is 12.8. The van der Waals surface area contributed by atoms with E-state index in [2.05, 4.69) is 15.9 Å². The lowest BCUT2D eigenvalue weighted by Crippen LogP contribution is -2.30. The molecule has 0 spiro atoms. The van der Waals surface area contributed by atoms with Crippen molar-refractivity contribution < 1.29 is 18.3 Å². The standard InChI is InChI=1S/C11H10BrF3OS/c12-6-1-2-9(11(13,14)15)10(3-6)17-8-4-7(16)5-8/h1-3,7-8,16H,4-5H2. The molecule has 0 aromatic heterocycles. The molecule has 1 aliphatic carbocycles. The van der Waals surface area contributed by atoms with Crippen LogP contribution in [0.1, 0.15) is 18.4 Å². The molecule has 1 fully saturated rings. The molecule has 1 aromatic rings. The summed E-state index contributed by atoms with van der Waals surface area (Å²) in [5, 5.41) is 9.22. The average molecular weight is 327 g/mol. The molecule has 1 aromatic carbocycles. The summed E-state index contributed by atoms with van der Waals surface area (Å²) in [6.07, 6.45) is -3.55. The normalized spacial score (nSPS) is 24.5. The fraction of sp³-hybridized carbons (Fsp3) is 0.455. The average Bonchev–Trinajstić information content (AvgIpc) is 2.13. The molecule has 0 bridgehead atoms. The third kappa shape index (κ3) is 3.17.